The molecule has 4 aromatic rings. The van der Waals surface area contributed by atoms with Gasteiger partial charge in [-0.3, -0.25) is 0 Å². The molecule has 0 spiro atoms. The summed E-state index contributed by atoms with van der Waals surface area (Å²) in [5.74, 6) is 1.19. The zero-order valence-corrected chi connectivity index (χ0v) is 22.6. The van der Waals surface area contributed by atoms with Crippen molar-refractivity contribution in [1.82, 2.24) is 9.88 Å². The summed E-state index contributed by atoms with van der Waals surface area (Å²) >= 11 is 6.16. The van der Waals surface area contributed by atoms with E-state index in [1.165, 1.54) is 0 Å². The number of hydrogen-bond acceptors (Lipinski definition) is 7. The molecule has 8 nitrogen and oxygen atoms in total. The average Bonchev–Trinajstić information content (AvgIpc) is 3.51. The summed E-state index contributed by atoms with van der Waals surface area (Å²) in [5.41, 5.74) is 2.85. The van der Waals surface area contributed by atoms with Crippen molar-refractivity contribution in [1.29, 1.82) is 0 Å². The third-order valence-electron chi connectivity index (χ3n) is 6.63. The number of halogens is 1. The van der Waals surface area contributed by atoms with Crippen molar-refractivity contribution in [2.24, 2.45) is 4.99 Å². The molecule has 0 saturated heterocycles. The first kappa shape index (κ1) is 26.1. The summed E-state index contributed by atoms with van der Waals surface area (Å²) in [6, 6.07) is 17.2. The first-order valence-electron chi connectivity index (χ1n) is 12.3. The van der Waals surface area contributed by atoms with Gasteiger partial charge in [-0.1, -0.05) is 31.5 Å². The maximum Gasteiger partial charge on any atom is 0.231 e. The van der Waals surface area contributed by atoms with Gasteiger partial charge in [0, 0.05) is 22.5 Å². The van der Waals surface area contributed by atoms with Crippen LogP contribution in [0.15, 0.2) is 70.6 Å². The molecule has 1 aliphatic heterocycles. The van der Waals surface area contributed by atoms with Crippen LogP contribution >= 0.6 is 11.6 Å². The number of hydrogen-bond donors (Lipinski definition) is 2. The van der Waals surface area contributed by atoms with Crippen molar-refractivity contribution in [3.8, 4) is 17.4 Å². The van der Waals surface area contributed by atoms with Crippen LogP contribution in [0.5, 0.6) is 17.4 Å². The van der Waals surface area contributed by atoms with E-state index in [0.29, 0.717) is 51.1 Å². The van der Waals surface area contributed by atoms with Crippen molar-refractivity contribution < 1.29 is 23.0 Å². The molecule has 1 aromatic heterocycles. The van der Waals surface area contributed by atoms with Gasteiger partial charge in [-0.2, -0.15) is 0 Å². The summed E-state index contributed by atoms with van der Waals surface area (Å²) in [6.45, 7) is 6.24. The number of nitrogens with one attached hydrogen (secondary N) is 1. The molecule has 0 radical (unpaired) electrons. The topological polar surface area (TPSA) is 104 Å². The van der Waals surface area contributed by atoms with E-state index < -0.39 is 9.84 Å². The molecule has 3 aromatic carbocycles. The van der Waals surface area contributed by atoms with Crippen molar-refractivity contribution in [2.45, 2.75) is 18.7 Å². The minimum Gasteiger partial charge on any atom is -0.494 e. The normalized spacial score (nSPS) is 13.5. The van der Waals surface area contributed by atoms with Crippen molar-refractivity contribution in [3.05, 3.63) is 76.8 Å². The van der Waals surface area contributed by atoms with Gasteiger partial charge in [-0.05, 0) is 67.7 Å². The molecule has 1 aliphatic rings. The van der Waals surface area contributed by atoms with E-state index in [2.05, 4.69) is 9.88 Å². The molecule has 0 bridgehead atoms. The Bertz CT molecular complexity index is 1610. The molecular formula is C28H28ClN3O5S. The van der Waals surface area contributed by atoms with Crippen LogP contribution in [0.25, 0.3) is 10.9 Å². The minimum atomic E-state index is -3.44. The Kier molecular flexibility index (Phi) is 7.34. The van der Waals surface area contributed by atoms with Crippen LogP contribution in [0.1, 0.15) is 25.0 Å². The number of sulfone groups is 1. The Hall–Kier alpha value is -3.53. The lowest BCUT2D eigenvalue weighted by Crippen LogP contribution is -2.29. The highest BCUT2D eigenvalue weighted by Crippen LogP contribution is 2.37. The summed E-state index contributed by atoms with van der Waals surface area (Å²) in [7, 11) is -3.44. The first-order valence-corrected chi connectivity index (χ1v) is 14.4. The molecule has 0 amide bonds. The number of rotatable bonds is 9. The molecule has 0 unspecified atom stereocenters. The third-order valence-corrected chi connectivity index (χ3v) is 8.58. The Morgan fingerprint density at radius 2 is 1.76 bits per heavy atom. The quantitative estimate of drug-likeness (QED) is 0.264. The summed E-state index contributed by atoms with van der Waals surface area (Å²) in [5, 5.41) is 12.2. The number of aromatic nitrogens is 1. The zero-order valence-electron chi connectivity index (χ0n) is 21.1. The van der Waals surface area contributed by atoms with E-state index in [1.54, 1.807) is 48.5 Å². The summed E-state index contributed by atoms with van der Waals surface area (Å²) < 4.78 is 36.8. The Morgan fingerprint density at radius 3 is 2.50 bits per heavy atom. The zero-order chi connectivity index (χ0) is 26.9. The second kappa shape index (κ2) is 10.7. The number of nitrogens with zero attached hydrogens (tertiary/aromatic N) is 2. The van der Waals surface area contributed by atoms with E-state index in [1.807, 2.05) is 26.0 Å². The number of fused-ring (bicyclic) bond motifs is 2. The molecule has 0 atom stereocenters. The number of ether oxygens (including phenoxy) is 2. The van der Waals surface area contributed by atoms with Crippen LogP contribution in [-0.2, 0) is 9.84 Å². The summed E-state index contributed by atoms with van der Waals surface area (Å²) in [4.78, 5) is 10.2. The smallest absolute Gasteiger partial charge is 0.231 e. The number of benzene rings is 3. The fourth-order valence-electron chi connectivity index (χ4n) is 4.47. The molecule has 198 valence electrons. The van der Waals surface area contributed by atoms with Gasteiger partial charge in [0.05, 0.1) is 33.1 Å². The Balaban J connectivity index is 1.55. The maximum absolute atomic E-state index is 12.9. The SMILES string of the molecule is CCN(CC)CCS(=O)(=O)c1ccc(N=C(c2ccc3c(c2)OCO3)c2c(O)[nH]c3cc(Cl)ccc23)cc1. The van der Waals surface area contributed by atoms with E-state index in [-0.39, 0.29) is 23.3 Å². The fourth-order valence-corrected chi connectivity index (χ4v) is 5.93. The van der Waals surface area contributed by atoms with Crippen molar-refractivity contribution in [3.63, 3.8) is 0 Å². The van der Waals surface area contributed by atoms with Crippen LogP contribution in [0, 0.1) is 0 Å². The molecule has 0 aliphatic carbocycles. The lowest BCUT2D eigenvalue weighted by Gasteiger charge is -2.17. The molecule has 2 N–H and O–H groups in total. The molecule has 38 heavy (non-hydrogen) atoms. The third kappa shape index (κ3) is 5.22. The van der Waals surface area contributed by atoms with Crippen LogP contribution in [0.2, 0.25) is 5.02 Å². The molecule has 2 heterocycles. The number of H-pyrrole nitrogens is 1. The number of aromatic amines is 1. The largest absolute Gasteiger partial charge is 0.494 e. The van der Waals surface area contributed by atoms with Gasteiger partial charge >= 0.3 is 0 Å². The average molecular weight is 554 g/mol. The second-order valence-electron chi connectivity index (χ2n) is 8.91. The Labute approximate surface area is 226 Å². The van der Waals surface area contributed by atoms with Gasteiger partial charge in [0.15, 0.2) is 27.2 Å². The van der Waals surface area contributed by atoms with Gasteiger partial charge in [0.2, 0.25) is 6.79 Å². The highest BCUT2D eigenvalue weighted by molar-refractivity contribution is 7.91. The minimum absolute atomic E-state index is 0.0471. The van der Waals surface area contributed by atoms with Crippen molar-refractivity contribution in [2.75, 3.05) is 32.2 Å². The van der Waals surface area contributed by atoms with Gasteiger partial charge in [0.1, 0.15) is 0 Å². The molecular weight excluding hydrogens is 526 g/mol. The highest BCUT2D eigenvalue weighted by atomic mass is 35.5. The van der Waals surface area contributed by atoms with Crippen LogP contribution < -0.4 is 9.47 Å². The fraction of sp³-hybridized carbons (Fsp3) is 0.250. The monoisotopic (exact) mass is 553 g/mol. The van der Waals surface area contributed by atoms with Crippen LogP contribution in [0.3, 0.4) is 0 Å². The Morgan fingerprint density at radius 1 is 1.03 bits per heavy atom. The van der Waals surface area contributed by atoms with E-state index in [4.69, 9.17) is 26.1 Å². The molecule has 0 fully saturated rings. The lowest BCUT2D eigenvalue weighted by molar-refractivity contribution is 0.174. The molecule has 0 saturated carbocycles. The van der Waals surface area contributed by atoms with Gasteiger partial charge in [-0.15, -0.1) is 0 Å². The molecule has 5 rings (SSSR count). The molecule has 10 heteroatoms. The van der Waals surface area contributed by atoms with E-state index in [0.717, 1.165) is 18.5 Å². The summed E-state index contributed by atoms with van der Waals surface area (Å²) in [6.07, 6.45) is 0. The van der Waals surface area contributed by atoms with E-state index >= 15 is 0 Å². The van der Waals surface area contributed by atoms with Gasteiger partial charge < -0.3 is 24.5 Å². The van der Waals surface area contributed by atoms with Gasteiger partial charge in [-0.25, -0.2) is 13.4 Å². The van der Waals surface area contributed by atoms with Crippen LogP contribution in [0.4, 0.5) is 5.69 Å². The number of aliphatic imine (C=N–C) groups is 1. The van der Waals surface area contributed by atoms with Crippen molar-refractivity contribution >= 4 is 43.7 Å². The second-order valence-corrected chi connectivity index (χ2v) is 11.5. The van der Waals surface area contributed by atoms with Gasteiger partial charge in [0.25, 0.3) is 0 Å². The maximum atomic E-state index is 12.9. The standard InChI is InChI=1S/C28H28ClN3O5S/c1-3-32(4-2)13-14-38(34,35)21-9-7-20(8-10-21)30-27(18-5-12-24-25(15-18)37-17-36-24)26-22-11-6-19(29)16-23(22)31-28(26)33/h5-12,15-16,31,33H,3-4,13-14,17H2,1-2H3. The highest BCUT2D eigenvalue weighted by Gasteiger charge is 2.22. The van der Waals surface area contributed by atoms with Crippen LogP contribution in [-0.4, -0.2) is 61.3 Å². The van der Waals surface area contributed by atoms with E-state index in [9.17, 15) is 13.5 Å². The predicted octanol–water partition coefficient (Wildman–Crippen LogP) is 5.54. The first-order chi connectivity index (χ1) is 18.3. The lowest BCUT2D eigenvalue weighted by atomic mass is 10.00. The predicted molar refractivity (Wildman–Crippen MR) is 149 cm³/mol. The number of aromatic hydroxyl groups is 1.